The molecule has 23 heavy (non-hydrogen) atoms. The minimum absolute atomic E-state index is 0.0509. The molecule has 128 valence electrons. The fourth-order valence-corrected chi connectivity index (χ4v) is 3.56. The first-order chi connectivity index (χ1) is 10.9. The summed E-state index contributed by atoms with van der Waals surface area (Å²) in [6.07, 6.45) is 0.969. The van der Waals surface area contributed by atoms with Gasteiger partial charge in [-0.1, -0.05) is 11.6 Å². The molecule has 0 aliphatic carbocycles. The molecule has 1 aromatic rings. The normalized spacial score (nSPS) is 18.0. The van der Waals surface area contributed by atoms with E-state index in [1.165, 1.54) is 11.3 Å². The van der Waals surface area contributed by atoms with Crippen LogP contribution in [0, 0.1) is 12.8 Å². The van der Waals surface area contributed by atoms with Gasteiger partial charge in [-0.15, -0.1) is 11.3 Å². The van der Waals surface area contributed by atoms with Gasteiger partial charge < -0.3 is 15.1 Å². The van der Waals surface area contributed by atoms with Crippen LogP contribution in [0.4, 0.5) is 0 Å². The molecule has 2 heterocycles. The second kappa shape index (κ2) is 8.08. The van der Waals surface area contributed by atoms with E-state index < -0.39 is 0 Å². The predicted octanol–water partition coefficient (Wildman–Crippen LogP) is 1.17. The topological polar surface area (TPSA) is 65.5 Å². The molecule has 1 aliphatic heterocycles. The highest BCUT2D eigenvalue weighted by atomic mass is 35.5. The van der Waals surface area contributed by atoms with Gasteiger partial charge in [0.2, 0.25) is 11.8 Å². The molecule has 1 aliphatic rings. The molecule has 0 aromatic carbocycles. The van der Waals surface area contributed by atoms with Crippen LogP contribution in [0.5, 0.6) is 0 Å². The summed E-state index contributed by atoms with van der Waals surface area (Å²) in [5.74, 6) is -0.231. The summed E-state index contributed by atoms with van der Waals surface area (Å²) in [5, 5.41) is 3.82. The third-order valence-electron chi connectivity index (χ3n) is 3.82. The molecule has 1 saturated heterocycles. The van der Waals surface area contributed by atoms with Gasteiger partial charge in [-0.25, -0.2) is 4.98 Å². The highest BCUT2D eigenvalue weighted by Gasteiger charge is 2.33. The molecule has 1 fully saturated rings. The van der Waals surface area contributed by atoms with Gasteiger partial charge in [0.15, 0.2) is 0 Å². The molecule has 1 aromatic heterocycles. The van der Waals surface area contributed by atoms with Crippen molar-refractivity contribution in [3.8, 4) is 0 Å². The highest BCUT2D eigenvalue weighted by molar-refractivity contribution is 7.16. The predicted molar refractivity (Wildman–Crippen MR) is 91.8 cm³/mol. The van der Waals surface area contributed by atoms with Crippen LogP contribution in [-0.4, -0.2) is 66.9 Å². The van der Waals surface area contributed by atoms with Crippen LogP contribution in [0.2, 0.25) is 4.34 Å². The number of halogens is 1. The van der Waals surface area contributed by atoms with Crippen molar-refractivity contribution in [2.45, 2.75) is 19.8 Å². The molecule has 6 nitrogen and oxygen atoms in total. The number of rotatable bonds is 7. The number of amides is 2. The van der Waals surface area contributed by atoms with Crippen molar-refractivity contribution < 1.29 is 9.59 Å². The molecule has 8 heteroatoms. The maximum atomic E-state index is 12.2. The lowest BCUT2D eigenvalue weighted by Crippen LogP contribution is -2.36. The molecular weight excluding hydrogens is 336 g/mol. The second-order valence-electron chi connectivity index (χ2n) is 6.05. The van der Waals surface area contributed by atoms with Crippen molar-refractivity contribution in [1.29, 1.82) is 0 Å². The van der Waals surface area contributed by atoms with E-state index in [0.717, 1.165) is 17.2 Å². The Labute approximate surface area is 145 Å². The largest absolute Gasteiger partial charge is 0.355 e. The Morgan fingerprint density at radius 3 is 2.87 bits per heavy atom. The first kappa shape index (κ1) is 18.2. The Balaban J connectivity index is 1.74. The lowest BCUT2D eigenvalue weighted by Gasteiger charge is -2.19. The molecule has 0 bridgehead atoms. The van der Waals surface area contributed by atoms with Gasteiger partial charge >= 0.3 is 0 Å². The van der Waals surface area contributed by atoms with Gasteiger partial charge in [0, 0.05) is 39.0 Å². The zero-order valence-electron chi connectivity index (χ0n) is 13.8. The zero-order chi connectivity index (χ0) is 17.0. The lowest BCUT2D eigenvalue weighted by molar-refractivity contribution is -0.129. The number of likely N-dealkylation sites (tertiary alicyclic amines) is 1. The van der Waals surface area contributed by atoms with Crippen LogP contribution in [-0.2, 0) is 16.0 Å². The van der Waals surface area contributed by atoms with Crippen LogP contribution < -0.4 is 5.32 Å². The smallest absolute Gasteiger partial charge is 0.225 e. The summed E-state index contributed by atoms with van der Waals surface area (Å²) >= 11 is 7.43. The highest BCUT2D eigenvalue weighted by Crippen LogP contribution is 2.23. The van der Waals surface area contributed by atoms with Crippen LogP contribution in [0.3, 0.4) is 0 Å². The number of hydrogen-bond acceptors (Lipinski definition) is 5. The molecule has 2 rings (SSSR count). The first-order valence-corrected chi connectivity index (χ1v) is 8.88. The maximum Gasteiger partial charge on any atom is 0.225 e. The number of carbonyl (C=O) groups excluding carboxylic acids is 2. The summed E-state index contributed by atoms with van der Waals surface area (Å²) < 4.78 is 0.698. The van der Waals surface area contributed by atoms with Crippen molar-refractivity contribution in [3.05, 3.63) is 15.0 Å². The fraction of sp³-hybridized carbons (Fsp3) is 0.667. The molecular formula is C15H23ClN4O2S. The molecule has 2 amide bonds. The van der Waals surface area contributed by atoms with Crippen LogP contribution in [0.25, 0.3) is 0 Å². The average molecular weight is 359 g/mol. The molecule has 0 radical (unpaired) electrons. The number of hydrogen-bond donors (Lipinski definition) is 1. The van der Waals surface area contributed by atoms with Gasteiger partial charge in [0.05, 0.1) is 16.6 Å². The molecule has 1 N–H and O–H groups in total. The number of aryl methyl sites for hydroxylation is 1. The number of aromatic nitrogens is 1. The van der Waals surface area contributed by atoms with Crippen molar-refractivity contribution in [2.75, 3.05) is 40.3 Å². The molecule has 1 atom stereocenters. The van der Waals surface area contributed by atoms with Gasteiger partial charge in [-0.2, -0.15) is 0 Å². The van der Waals surface area contributed by atoms with Crippen LogP contribution in [0.1, 0.15) is 17.1 Å². The SMILES string of the molecule is Cc1nc(CCNC(=O)[C@@H]2CC(=O)N(CCN(C)C)C2)sc1Cl. The van der Waals surface area contributed by atoms with Crippen LogP contribution in [0.15, 0.2) is 0 Å². The number of likely N-dealkylation sites (N-methyl/N-ethyl adjacent to an activating group) is 1. The van der Waals surface area contributed by atoms with Gasteiger partial charge in [-0.05, 0) is 21.0 Å². The molecule has 0 unspecified atom stereocenters. The molecule has 0 saturated carbocycles. The Morgan fingerprint density at radius 2 is 2.26 bits per heavy atom. The number of carbonyl (C=O) groups is 2. The Hall–Kier alpha value is -1.18. The van der Waals surface area contributed by atoms with E-state index in [2.05, 4.69) is 10.3 Å². The van der Waals surface area contributed by atoms with Crippen molar-refractivity contribution in [1.82, 2.24) is 20.1 Å². The lowest BCUT2D eigenvalue weighted by atomic mass is 10.1. The van der Waals surface area contributed by atoms with Crippen LogP contribution >= 0.6 is 22.9 Å². The second-order valence-corrected chi connectivity index (χ2v) is 7.74. The number of nitrogens with zero attached hydrogens (tertiary/aromatic N) is 3. The van der Waals surface area contributed by atoms with Gasteiger partial charge in [-0.3, -0.25) is 9.59 Å². The quantitative estimate of drug-likeness (QED) is 0.794. The standard InChI is InChI=1S/C15H23ClN4O2S/c1-10-14(16)23-12(18-10)4-5-17-15(22)11-8-13(21)20(9-11)7-6-19(2)3/h11H,4-9H2,1-3H3,(H,17,22)/t11-/m1/s1. The van der Waals surface area contributed by atoms with Gasteiger partial charge in [0.25, 0.3) is 0 Å². The van der Waals surface area contributed by atoms with E-state index in [4.69, 9.17) is 11.6 Å². The summed E-state index contributed by atoms with van der Waals surface area (Å²) in [7, 11) is 3.94. The van der Waals surface area contributed by atoms with E-state index in [1.807, 2.05) is 25.9 Å². The Kier molecular flexibility index (Phi) is 6.38. The zero-order valence-corrected chi connectivity index (χ0v) is 15.3. The van der Waals surface area contributed by atoms with E-state index in [-0.39, 0.29) is 17.7 Å². The molecule has 0 spiro atoms. The summed E-state index contributed by atoms with van der Waals surface area (Å²) in [4.78, 5) is 32.3. The number of thiazole rings is 1. The third kappa shape index (κ3) is 5.16. The fourth-order valence-electron chi connectivity index (χ4n) is 2.46. The van der Waals surface area contributed by atoms with Crippen molar-refractivity contribution >= 4 is 34.8 Å². The van der Waals surface area contributed by atoms with E-state index in [0.29, 0.717) is 36.8 Å². The van der Waals surface area contributed by atoms with E-state index >= 15 is 0 Å². The average Bonchev–Trinajstić information content (AvgIpc) is 3.00. The van der Waals surface area contributed by atoms with Crippen molar-refractivity contribution in [3.63, 3.8) is 0 Å². The summed E-state index contributed by atoms with van der Waals surface area (Å²) in [6, 6.07) is 0. The summed E-state index contributed by atoms with van der Waals surface area (Å²) in [6.45, 7) is 4.38. The van der Waals surface area contributed by atoms with E-state index in [9.17, 15) is 9.59 Å². The van der Waals surface area contributed by atoms with Crippen molar-refractivity contribution in [2.24, 2.45) is 5.92 Å². The van der Waals surface area contributed by atoms with E-state index in [1.54, 1.807) is 4.90 Å². The minimum atomic E-state index is -0.244. The number of nitrogens with one attached hydrogen (secondary N) is 1. The maximum absolute atomic E-state index is 12.2. The first-order valence-electron chi connectivity index (χ1n) is 7.69. The third-order valence-corrected chi connectivity index (χ3v) is 5.34. The minimum Gasteiger partial charge on any atom is -0.355 e. The monoisotopic (exact) mass is 358 g/mol. The van der Waals surface area contributed by atoms with Gasteiger partial charge in [0.1, 0.15) is 4.34 Å². The summed E-state index contributed by atoms with van der Waals surface area (Å²) in [5.41, 5.74) is 0.830. The Bertz CT molecular complexity index is 556. The Morgan fingerprint density at radius 1 is 1.52 bits per heavy atom.